The Kier molecular flexibility index (Phi) is 4.87. The van der Waals surface area contributed by atoms with E-state index < -0.39 is 0 Å². The summed E-state index contributed by atoms with van der Waals surface area (Å²) in [6.45, 7) is 3.86. The molecule has 0 atom stereocenters. The first kappa shape index (κ1) is 18.3. The first-order valence-corrected chi connectivity index (χ1v) is 10.2. The minimum absolute atomic E-state index is 0.0724. The number of carbonyl (C=O) groups excluding carboxylic acids is 2. The van der Waals surface area contributed by atoms with Crippen molar-refractivity contribution in [2.24, 2.45) is 23.2 Å². The van der Waals surface area contributed by atoms with Crippen molar-refractivity contribution >= 4 is 11.8 Å². The summed E-state index contributed by atoms with van der Waals surface area (Å²) in [5.41, 5.74) is 7.43. The van der Waals surface area contributed by atoms with Gasteiger partial charge in [-0.25, -0.2) is 0 Å². The summed E-state index contributed by atoms with van der Waals surface area (Å²) in [6.07, 6.45) is 8.21. The molecular formula is C22H30N2O3. The second-order valence-electron chi connectivity index (χ2n) is 9.25. The molecule has 5 rings (SSSR count). The molecule has 4 fully saturated rings. The lowest BCUT2D eigenvalue weighted by Crippen LogP contribution is -2.50. The van der Waals surface area contributed by atoms with Gasteiger partial charge in [-0.2, -0.15) is 0 Å². The van der Waals surface area contributed by atoms with Crippen molar-refractivity contribution in [1.29, 1.82) is 0 Å². The van der Waals surface area contributed by atoms with E-state index in [1.165, 1.54) is 38.5 Å². The molecule has 146 valence electrons. The molecule has 0 aliphatic heterocycles. The number of amides is 2. The lowest BCUT2D eigenvalue weighted by Gasteiger charge is -2.56. The highest BCUT2D eigenvalue weighted by atomic mass is 16.5. The van der Waals surface area contributed by atoms with E-state index in [0.717, 1.165) is 28.9 Å². The number of rotatable bonds is 5. The highest BCUT2D eigenvalue weighted by molar-refractivity contribution is 5.83. The summed E-state index contributed by atoms with van der Waals surface area (Å²) >= 11 is 0. The van der Waals surface area contributed by atoms with Gasteiger partial charge in [0.2, 0.25) is 5.91 Å². The molecule has 0 aromatic heterocycles. The van der Waals surface area contributed by atoms with E-state index >= 15 is 0 Å². The van der Waals surface area contributed by atoms with E-state index in [0.29, 0.717) is 12.2 Å². The third-order valence-corrected chi connectivity index (χ3v) is 6.73. The van der Waals surface area contributed by atoms with E-state index in [9.17, 15) is 9.59 Å². The average Bonchev–Trinajstić information content (AvgIpc) is 2.57. The maximum absolute atomic E-state index is 12.4. The van der Waals surface area contributed by atoms with Gasteiger partial charge in [0.05, 0.1) is 0 Å². The Morgan fingerprint density at radius 2 is 1.59 bits per heavy atom. The molecule has 5 nitrogen and oxygen atoms in total. The summed E-state index contributed by atoms with van der Waals surface area (Å²) in [5.74, 6) is 2.75. The summed E-state index contributed by atoms with van der Waals surface area (Å²) in [4.78, 5) is 24.4. The smallest absolute Gasteiger partial charge is 0.276 e. The van der Waals surface area contributed by atoms with Crippen molar-refractivity contribution in [3.63, 3.8) is 0 Å². The predicted molar refractivity (Wildman–Crippen MR) is 103 cm³/mol. The topological polar surface area (TPSA) is 67.4 Å². The van der Waals surface area contributed by atoms with E-state index in [1.54, 1.807) is 0 Å². The summed E-state index contributed by atoms with van der Waals surface area (Å²) in [5, 5.41) is 0. The van der Waals surface area contributed by atoms with Gasteiger partial charge >= 0.3 is 0 Å². The van der Waals surface area contributed by atoms with Gasteiger partial charge in [-0.1, -0.05) is 17.7 Å². The largest absolute Gasteiger partial charge is 0.483 e. The lowest BCUT2D eigenvalue weighted by atomic mass is 9.49. The maximum atomic E-state index is 12.4. The van der Waals surface area contributed by atoms with Crippen LogP contribution in [-0.2, 0) is 9.59 Å². The maximum Gasteiger partial charge on any atom is 0.276 e. The van der Waals surface area contributed by atoms with Crippen LogP contribution in [0.1, 0.15) is 56.1 Å². The molecular weight excluding hydrogens is 340 g/mol. The number of aryl methyl sites for hydroxylation is 2. The second-order valence-corrected chi connectivity index (χ2v) is 9.25. The summed E-state index contributed by atoms with van der Waals surface area (Å²) in [6, 6.07) is 5.83. The van der Waals surface area contributed by atoms with Gasteiger partial charge in [0.15, 0.2) is 6.61 Å². The number of nitrogens with one attached hydrogen (secondary N) is 2. The monoisotopic (exact) mass is 370 g/mol. The van der Waals surface area contributed by atoms with Crippen LogP contribution in [0.15, 0.2) is 18.2 Å². The summed E-state index contributed by atoms with van der Waals surface area (Å²) in [7, 11) is 0. The Balaban J connectivity index is 1.23. The third-order valence-electron chi connectivity index (χ3n) is 6.73. The molecule has 1 aromatic carbocycles. The molecule has 4 bridgehead atoms. The fourth-order valence-corrected chi connectivity index (χ4v) is 6.17. The zero-order chi connectivity index (χ0) is 19.0. The zero-order valence-electron chi connectivity index (χ0n) is 16.3. The molecule has 5 heteroatoms. The molecule has 0 heterocycles. The van der Waals surface area contributed by atoms with Crippen LogP contribution in [-0.4, -0.2) is 18.4 Å². The molecule has 0 saturated heterocycles. The van der Waals surface area contributed by atoms with Gasteiger partial charge in [-0.3, -0.25) is 20.4 Å². The standard InChI is InChI=1S/C22H30N2O3/c1-14-3-4-19(15(2)5-14)27-13-21(26)24-23-20(25)12-22-9-16-6-17(10-22)8-18(7-16)11-22/h3-5,16-18H,6-13H2,1-2H3,(H,23,25)(H,24,26). The van der Waals surface area contributed by atoms with Crippen molar-refractivity contribution in [3.05, 3.63) is 29.3 Å². The fraction of sp³-hybridized carbons (Fsp3) is 0.636. The van der Waals surface area contributed by atoms with Crippen LogP contribution < -0.4 is 15.6 Å². The highest BCUT2D eigenvalue weighted by Crippen LogP contribution is 2.61. The summed E-state index contributed by atoms with van der Waals surface area (Å²) < 4.78 is 5.56. The van der Waals surface area contributed by atoms with E-state index in [1.807, 2.05) is 32.0 Å². The SMILES string of the molecule is Cc1ccc(OCC(=O)NNC(=O)CC23CC4CC(CC(C4)C2)C3)c(C)c1. The van der Waals surface area contributed by atoms with Crippen molar-refractivity contribution in [2.45, 2.75) is 58.8 Å². The number of ether oxygens (including phenoxy) is 1. The Hall–Kier alpha value is -2.04. The Labute approximate surface area is 161 Å². The van der Waals surface area contributed by atoms with Crippen molar-refractivity contribution < 1.29 is 14.3 Å². The van der Waals surface area contributed by atoms with Crippen LogP contribution >= 0.6 is 0 Å². The van der Waals surface area contributed by atoms with Gasteiger partial charge in [-0.05, 0) is 87.2 Å². The highest BCUT2D eigenvalue weighted by Gasteiger charge is 2.51. The molecule has 0 radical (unpaired) electrons. The van der Waals surface area contributed by atoms with Crippen molar-refractivity contribution in [1.82, 2.24) is 10.9 Å². The first-order valence-electron chi connectivity index (χ1n) is 10.2. The molecule has 2 N–H and O–H groups in total. The molecule has 4 aliphatic rings. The Morgan fingerprint density at radius 3 is 2.19 bits per heavy atom. The minimum Gasteiger partial charge on any atom is -0.483 e. The van der Waals surface area contributed by atoms with Crippen LogP contribution in [0.4, 0.5) is 0 Å². The Bertz CT molecular complexity index is 708. The van der Waals surface area contributed by atoms with Crippen LogP contribution in [0, 0.1) is 37.0 Å². The molecule has 0 spiro atoms. The Morgan fingerprint density at radius 1 is 1.00 bits per heavy atom. The van der Waals surface area contributed by atoms with Gasteiger partial charge in [0.1, 0.15) is 5.75 Å². The molecule has 2 amide bonds. The molecule has 0 unspecified atom stereocenters. The van der Waals surface area contributed by atoms with E-state index in [4.69, 9.17) is 4.74 Å². The van der Waals surface area contributed by atoms with Crippen LogP contribution in [0.2, 0.25) is 0 Å². The van der Waals surface area contributed by atoms with Gasteiger partial charge in [0.25, 0.3) is 5.91 Å². The van der Waals surface area contributed by atoms with E-state index in [-0.39, 0.29) is 23.8 Å². The molecule has 4 saturated carbocycles. The zero-order valence-corrected chi connectivity index (χ0v) is 16.3. The van der Waals surface area contributed by atoms with Gasteiger partial charge < -0.3 is 4.74 Å². The number of hydrazine groups is 1. The molecule has 4 aliphatic carbocycles. The van der Waals surface area contributed by atoms with Crippen LogP contribution in [0.5, 0.6) is 5.75 Å². The van der Waals surface area contributed by atoms with Crippen molar-refractivity contribution in [2.75, 3.05) is 6.61 Å². The first-order chi connectivity index (χ1) is 12.9. The molecule has 27 heavy (non-hydrogen) atoms. The van der Waals surface area contributed by atoms with Gasteiger partial charge in [0, 0.05) is 6.42 Å². The van der Waals surface area contributed by atoms with Gasteiger partial charge in [-0.15, -0.1) is 0 Å². The number of hydrogen-bond acceptors (Lipinski definition) is 3. The number of hydrogen-bond donors (Lipinski definition) is 2. The third kappa shape index (κ3) is 4.12. The minimum atomic E-state index is -0.339. The van der Waals surface area contributed by atoms with Crippen molar-refractivity contribution in [3.8, 4) is 5.75 Å². The predicted octanol–water partition coefficient (Wildman–Crippen LogP) is 3.44. The second kappa shape index (κ2) is 7.17. The number of carbonyl (C=O) groups is 2. The van der Waals surface area contributed by atoms with E-state index in [2.05, 4.69) is 10.9 Å². The fourth-order valence-electron chi connectivity index (χ4n) is 6.17. The van der Waals surface area contributed by atoms with Crippen LogP contribution in [0.3, 0.4) is 0 Å². The lowest BCUT2D eigenvalue weighted by molar-refractivity contribution is -0.134. The average molecular weight is 370 g/mol. The number of benzene rings is 1. The normalized spacial score (nSPS) is 30.8. The quantitative estimate of drug-likeness (QED) is 0.780. The van der Waals surface area contributed by atoms with Crippen LogP contribution in [0.25, 0.3) is 0 Å². The molecule has 1 aromatic rings.